The van der Waals surface area contributed by atoms with E-state index in [1.54, 1.807) is 11.3 Å². The van der Waals surface area contributed by atoms with Gasteiger partial charge in [0.25, 0.3) is 0 Å². The van der Waals surface area contributed by atoms with E-state index in [0.717, 1.165) is 18.5 Å². The van der Waals surface area contributed by atoms with Gasteiger partial charge in [0, 0.05) is 17.5 Å². The Morgan fingerprint density at radius 3 is 2.83 bits per heavy atom. The molecule has 2 aromatic rings. The zero-order valence-electron chi connectivity index (χ0n) is 10.5. The number of anilines is 1. The maximum atomic E-state index is 5.48. The molecule has 0 aromatic carbocycles. The second-order valence-corrected chi connectivity index (χ2v) is 4.44. The van der Waals surface area contributed by atoms with E-state index in [4.69, 9.17) is 4.74 Å². The highest BCUT2D eigenvalue weighted by Crippen LogP contribution is 2.21. The SMILES string of the molecule is CCCOc1nc(NCC)nc(-c2ccsc2)n1. The third-order valence-electron chi connectivity index (χ3n) is 2.16. The molecular weight excluding hydrogens is 248 g/mol. The minimum absolute atomic E-state index is 0.379. The third-order valence-corrected chi connectivity index (χ3v) is 2.85. The van der Waals surface area contributed by atoms with E-state index >= 15 is 0 Å². The monoisotopic (exact) mass is 264 g/mol. The fourth-order valence-corrected chi connectivity index (χ4v) is 2.01. The number of hydrogen-bond donors (Lipinski definition) is 1. The first-order valence-electron chi connectivity index (χ1n) is 5.98. The van der Waals surface area contributed by atoms with Gasteiger partial charge in [0.05, 0.1) is 6.61 Å². The molecule has 96 valence electrons. The van der Waals surface area contributed by atoms with Gasteiger partial charge >= 0.3 is 6.01 Å². The summed E-state index contributed by atoms with van der Waals surface area (Å²) in [6.45, 7) is 5.42. The molecule has 2 heterocycles. The number of aromatic nitrogens is 3. The van der Waals surface area contributed by atoms with E-state index in [-0.39, 0.29) is 0 Å². The van der Waals surface area contributed by atoms with Crippen LogP contribution in [0.5, 0.6) is 6.01 Å². The fourth-order valence-electron chi connectivity index (χ4n) is 1.37. The molecule has 0 aliphatic carbocycles. The van der Waals surface area contributed by atoms with Crippen molar-refractivity contribution in [3.63, 3.8) is 0 Å². The van der Waals surface area contributed by atoms with Crippen molar-refractivity contribution in [1.29, 1.82) is 0 Å². The smallest absolute Gasteiger partial charge is 0.321 e. The molecular formula is C12H16N4OS. The Kier molecular flexibility index (Phi) is 4.46. The second-order valence-electron chi connectivity index (χ2n) is 3.66. The molecule has 5 nitrogen and oxygen atoms in total. The van der Waals surface area contributed by atoms with Crippen molar-refractivity contribution in [1.82, 2.24) is 15.0 Å². The van der Waals surface area contributed by atoms with E-state index in [2.05, 4.69) is 20.3 Å². The summed E-state index contributed by atoms with van der Waals surface area (Å²) in [6.07, 6.45) is 0.927. The van der Waals surface area contributed by atoms with E-state index in [1.807, 2.05) is 30.7 Å². The first-order valence-corrected chi connectivity index (χ1v) is 6.93. The molecule has 1 N–H and O–H groups in total. The number of nitrogens with one attached hydrogen (secondary N) is 1. The van der Waals surface area contributed by atoms with Crippen LogP contribution in [0.15, 0.2) is 16.8 Å². The Bertz CT molecular complexity index is 487. The lowest BCUT2D eigenvalue weighted by Crippen LogP contribution is -2.08. The van der Waals surface area contributed by atoms with Crippen molar-refractivity contribution in [2.24, 2.45) is 0 Å². The summed E-state index contributed by atoms with van der Waals surface area (Å²) in [5.41, 5.74) is 0.989. The van der Waals surface area contributed by atoms with Crippen LogP contribution in [0.4, 0.5) is 5.95 Å². The molecule has 0 unspecified atom stereocenters. The summed E-state index contributed by atoms with van der Waals surface area (Å²) in [4.78, 5) is 12.9. The van der Waals surface area contributed by atoms with Gasteiger partial charge in [-0.15, -0.1) is 0 Å². The van der Waals surface area contributed by atoms with Crippen LogP contribution < -0.4 is 10.1 Å². The Morgan fingerprint density at radius 1 is 1.28 bits per heavy atom. The Hall–Kier alpha value is -1.69. The molecule has 0 aliphatic rings. The van der Waals surface area contributed by atoms with Crippen LogP contribution in [-0.4, -0.2) is 28.1 Å². The van der Waals surface area contributed by atoms with E-state index < -0.39 is 0 Å². The van der Waals surface area contributed by atoms with Gasteiger partial charge in [0.1, 0.15) is 0 Å². The second kappa shape index (κ2) is 6.30. The molecule has 0 fully saturated rings. The average Bonchev–Trinajstić information content (AvgIpc) is 2.90. The standard InChI is InChI=1S/C12H16N4OS/c1-3-6-17-12-15-10(9-5-7-18-8-9)14-11(16-12)13-4-2/h5,7-8H,3-4,6H2,1-2H3,(H,13,14,15,16). The first-order chi connectivity index (χ1) is 8.83. The van der Waals surface area contributed by atoms with Crippen molar-refractivity contribution in [2.75, 3.05) is 18.5 Å². The average molecular weight is 264 g/mol. The van der Waals surface area contributed by atoms with E-state index in [9.17, 15) is 0 Å². The van der Waals surface area contributed by atoms with Crippen LogP contribution in [0.3, 0.4) is 0 Å². The van der Waals surface area contributed by atoms with Crippen molar-refractivity contribution in [2.45, 2.75) is 20.3 Å². The van der Waals surface area contributed by atoms with Crippen LogP contribution in [-0.2, 0) is 0 Å². The lowest BCUT2D eigenvalue weighted by molar-refractivity contribution is 0.292. The topological polar surface area (TPSA) is 59.9 Å². The van der Waals surface area contributed by atoms with Crippen molar-refractivity contribution in [3.05, 3.63) is 16.8 Å². The highest BCUT2D eigenvalue weighted by Gasteiger charge is 2.09. The van der Waals surface area contributed by atoms with Gasteiger partial charge < -0.3 is 10.1 Å². The lowest BCUT2D eigenvalue weighted by Gasteiger charge is -2.07. The van der Waals surface area contributed by atoms with Gasteiger partial charge in [-0.05, 0) is 24.8 Å². The molecule has 2 aromatic heterocycles. The molecule has 0 aliphatic heterocycles. The van der Waals surface area contributed by atoms with Crippen LogP contribution in [0.2, 0.25) is 0 Å². The first kappa shape index (κ1) is 12.8. The largest absolute Gasteiger partial charge is 0.463 e. The summed E-state index contributed by atoms with van der Waals surface area (Å²) >= 11 is 1.62. The van der Waals surface area contributed by atoms with Crippen LogP contribution in [0.25, 0.3) is 11.4 Å². The summed E-state index contributed by atoms with van der Waals surface area (Å²) in [5, 5.41) is 7.10. The number of hydrogen-bond acceptors (Lipinski definition) is 6. The van der Waals surface area contributed by atoms with Gasteiger partial charge in [0.15, 0.2) is 5.82 Å². The Labute approximate surface area is 110 Å². The van der Waals surface area contributed by atoms with Crippen LogP contribution >= 0.6 is 11.3 Å². The highest BCUT2D eigenvalue weighted by molar-refractivity contribution is 7.08. The minimum Gasteiger partial charge on any atom is -0.463 e. The third kappa shape index (κ3) is 3.16. The number of thiophene rings is 1. The molecule has 0 bridgehead atoms. The van der Waals surface area contributed by atoms with Crippen LogP contribution in [0.1, 0.15) is 20.3 Å². The predicted octanol–water partition coefficient (Wildman–Crippen LogP) is 2.82. The molecule has 0 saturated heterocycles. The maximum Gasteiger partial charge on any atom is 0.321 e. The van der Waals surface area contributed by atoms with Crippen molar-refractivity contribution < 1.29 is 4.74 Å². The highest BCUT2D eigenvalue weighted by atomic mass is 32.1. The number of rotatable bonds is 6. The van der Waals surface area contributed by atoms with Crippen molar-refractivity contribution in [3.8, 4) is 17.4 Å². The van der Waals surface area contributed by atoms with E-state index in [0.29, 0.717) is 24.4 Å². The molecule has 18 heavy (non-hydrogen) atoms. The van der Waals surface area contributed by atoms with Crippen molar-refractivity contribution >= 4 is 17.3 Å². The summed E-state index contributed by atoms with van der Waals surface area (Å²) in [7, 11) is 0. The fraction of sp³-hybridized carbons (Fsp3) is 0.417. The minimum atomic E-state index is 0.379. The normalized spacial score (nSPS) is 10.3. The quantitative estimate of drug-likeness (QED) is 0.869. The lowest BCUT2D eigenvalue weighted by atomic mass is 10.3. The zero-order valence-corrected chi connectivity index (χ0v) is 11.3. The van der Waals surface area contributed by atoms with E-state index in [1.165, 1.54) is 0 Å². The Morgan fingerprint density at radius 2 is 2.17 bits per heavy atom. The molecule has 2 rings (SSSR count). The van der Waals surface area contributed by atoms with Gasteiger partial charge in [-0.25, -0.2) is 0 Å². The predicted molar refractivity (Wildman–Crippen MR) is 73.1 cm³/mol. The van der Waals surface area contributed by atoms with Gasteiger partial charge in [-0.3, -0.25) is 0 Å². The summed E-state index contributed by atoms with van der Waals surface area (Å²) in [5.74, 6) is 1.20. The molecule has 0 radical (unpaired) electrons. The molecule has 0 spiro atoms. The van der Waals surface area contributed by atoms with Gasteiger partial charge in [-0.1, -0.05) is 6.92 Å². The molecule has 0 saturated carbocycles. The van der Waals surface area contributed by atoms with Gasteiger partial charge in [-0.2, -0.15) is 26.3 Å². The zero-order chi connectivity index (χ0) is 12.8. The molecule has 0 atom stereocenters. The summed E-state index contributed by atoms with van der Waals surface area (Å²) < 4.78 is 5.48. The maximum absolute atomic E-state index is 5.48. The Balaban J connectivity index is 2.30. The molecule has 6 heteroatoms. The summed E-state index contributed by atoms with van der Waals surface area (Å²) in [6, 6.07) is 2.36. The van der Waals surface area contributed by atoms with Gasteiger partial charge in [0.2, 0.25) is 5.95 Å². The number of nitrogens with zero attached hydrogens (tertiary/aromatic N) is 3. The number of ether oxygens (including phenoxy) is 1. The molecule has 0 amide bonds. The van der Waals surface area contributed by atoms with Crippen LogP contribution in [0, 0.1) is 0 Å².